The van der Waals surface area contributed by atoms with Gasteiger partial charge in [-0.25, -0.2) is 4.39 Å². The standard InChI is InChI=1S/C36H45FN4O3/c1-36(2,3)27-7-4-25(5-8-27)33-20-26(6-9-34(33)44-31-10-13-39-24-31)35(42)41-16-11-30(12-17-41)43-32-22-28(37)21-29(23-32)40-18-14-38-15-19-40/h4-9,20-23,30-31,38-39H,10-19,24H2,1-3H3/t31-/m0/s1. The number of ether oxygens (including phenoxy) is 2. The van der Waals surface area contributed by atoms with E-state index in [1.165, 1.54) is 11.6 Å². The van der Waals surface area contributed by atoms with Gasteiger partial charge in [-0.05, 0) is 53.8 Å². The molecule has 3 heterocycles. The minimum absolute atomic E-state index is 0.0110. The number of piperazine rings is 1. The van der Waals surface area contributed by atoms with Gasteiger partial charge in [0.1, 0.15) is 29.5 Å². The third kappa shape index (κ3) is 7.19. The van der Waals surface area contributed by atoms with Crippen molar-refractivity contribution >= 4 is 11.6 Å². The Morgan fingerprint density at radius 3 is 2.25 bits per heavy atom. The molecule has 3 saturated heterocycles. The largest absolute Gasteiger partial charge is 0.490 e. The highest BCUT2D eigenvalue weighted by molar-refractivity contribution is 5.96. The summed E-state index contributed by atoms with van der Waals surface area (Å²) in [5.74, 6) is 1.08. The maximum absolute atomic E-state index is 14.5. The normalized spacial score (nSPS) is 19.7. The SMILES string of the molecule is CC(C)(C)c1ccc(-c2cc(C(=O)N3CCC(Oc4cc(F)cc(N5CCNCC5)c4)CC3)ccc2O[C@H]2CCNC2)cc1. The summed E-state index contributed by atoms with van der Waals surface area (Å²) in [5, 5.41) is 6.70. The second-order valence-corrected chi connectivity index (χ2v) is 13.3. The third-order valence-electron chi connectivity index (χ3n) is 8.97. The fraction of sp³-hybridized carbons (Fsp3) is 0.472. The number of piperidine rings is 1. The molecule has 3 aliphatic rings. The van der Waals surface area contributed by atoms with Crippen LogP contribution in [0.1, 0.15) is 56.0 Å². The van der Waals surface area contributed by atoms with E-state index >= 15 is 0 Å². The van der Waals surface area contributed by atoms with E-state index in [1.54, 1.807) is 6.07 Å². The Kier molecular flexibility index (Phi) is 9.10. The molecule has 0 saturated carbocycles. The maximum atomic E-state index is 14.5. The van der Waals surface area contributed by atoms with E-state index in [0.29, 0.717) is 37.2 Å². The minimum Gasteiger partial charge on any atom is -0.490 e. The summed E-state index contributed by atoms with van der Waals surface area (Å²) >= 11 is 0. The first-order valence-corrected chi connectivity index (χ1v) is 16.1. The number of carbonyl (C=O) groups excluding carboxylic acids is 1. The summed E-state index contributed by atoms with van der Waals surface area (Å²) in [5.41, 5.74) is 4.81. The molecule has 44 heavy (non-hydrogen) atoms. The zero-order valence-electron chi connectivity index (χ0n) is 26.2. The molecule has 1 atom stereocenters. The number of anilines is 1. The summed E-state index contributed by atoms with van der Waals surface area (Å²) in [6.07, 6.45) is 2.41. The van der Waals surface area contributed by atoms with Gasteiger partial charge in [0, 0.05) is 87.6 Å². The number of hydrogen-bond donors (Lipinski definition) is 2. The Morgan fingerprint density at radius 2 is 1.57 bits per heavy atom. The van der Waals surface area contributed by atoms with E-state index in [9.17, 15) is 9.18 Å². The number of halogens is 1. The Bertz CT molecular complexity index is 1430. The number of rotatable bonds is 7. The van der Waals surface area contributed by atoms with Crippen molar-refractivity contribution in [1.82, 2.24) is 15.5 Å². The number of hydrogen-bond acceptors (Lipinski definition) is 6. The lowest BCUT2D eigenvalue weighted by atomic mass is 9.86. The lowest BCUT2D eigenvalue weighted by molar-refractivity contribution is 0.0595. The highest BCUT2D eigenvalue weighted by atomic mass is 19.1. The first-order valence-electron chi connectivity index (χ1n) is 16.1. The Hall–Kier alpha value is -3.62. The maximum Gasteiger partial charge on any atom is 0.253 e. The molecule has 3 aromatic carbocycles. The second-order valence-electron chi connectivity index (χ2n) is 13.3. The van der Waals surface area contributed by atoms with Gasteiger partial charge in [0.15, 0.2) is 0 Å². The van der Waals surface area contributed by atoms with E-state index < -0.39 is 0 Å². The topological polar surface area (TPSA) is 66.1 Å². The van der Waals surface area contributed by atoms with Crippen molar-refractivity contribution < 1.29 is 18.7 Å². The minimum atomic E-state index is -0.288. The predicted molar refractivity (Wildman–Crippen MR) is 174 cm³/mol. The van der Waals surface area contributed by atoms with E-state index in [-0.39, 0.29) is 29.3 Å². The molecular formula is C36H45FN4O3. The van der Waals surface area contributed by atoms with Crippen molar-refractivity contribution in [1.29, 1.82) is 0 Å². The number of nitrogens with one attached hydrogen (secondary N) is 2. The number of benzene rings is 3. The number of carbonyl (C=O) groups is 1. The molecule has 1 amide bonds. The molecule has 0 bridgehead atoms. The third-order valence-corrected chi connectivity index (χ3v) is 8.97. The zero-order chi connectivity index (χ0) is 30.7. The van der Waals surface area contributed by atoms with Gasteiger partial charge in [-0.3, -0.25) is 4.79 Å². The van der Waals surface area contributed by atoms with Crippen LogP contribution in [0.5, 0.6) is 11.5 Å². The summed E-state index contributed by atoms with van der Waals surface area (Å²) in [6.45, 7) is 13.0. The van der Waals surface area contributed by atoms with Gasteiger partial charge in [0.25, 0.3) is 5.91 Å². The van der Waals surface area contributed by atoms with Crippen molar-refractivity contribution in [3.8, 4) is 22.6 Å². The number of nitrogens with zero attached hydrogens (tertiary/aromatic N) is 2. The van der Waals surface area contributed by atoms with Crippen LogP contribution < -0.4 is 25.0 Å². The van der Waals surface area contributed by atoms with Crippen molar-refractivity contribution in [2.45, 2.75) is 57.7 Å². The molecule has 0 aromatic heterocycles. The van der Waals surface area contributed by atoms with E-state index in [1.807, 2.05) is 29.2 Å². The van der Waals surface area contributed by atoms with Crippen molar-refractivity contribution in [2.75, 3.05) is 57.3 Å². The molecular weight excluding hydrogens is 555 g/mol. The first kappa shape index (κ1) is 30.4. The molecule has 7 nitrogen and oxygen atoms in total. The van der Waals surface area contributed by atoms with Crippen LogP contribution in [0.3, 0.4) is 0 Å². The highest BCUT2D eigenvalue weighted by Crippen LogP contribution is 2.35. The van der Waals surface area contributed by atoms with Gasteiger partial charge in [0.05, 0.1) is 0 Å². The monoisotopic (exact) mass is 600 g/mol. The van der Waals surface area contributed by atoms with Gasteiger partial charge in [-0.15, -0.1) is 0 Å². The molecule has 0 aliphatic carbocycles. The van der Waals surface area contributed by atoms with Crippen LogP contribution in [-0.2, 0) is 5.41 Å². The molecule has 2 N–H and O–H groups in total. The van der Waals surface area contributed by atoms with Gasteiger partial charge in [-0.2, -0.15) is 0 Å². The van der Waals surface area contributed by atoms with Crippen LogP contribution in [0.15, 0.2) is 60.7 Å². The van der Waals surface area contributed by atoms with Gasteiger partial charge in [0.2, 0.25) is 0 Å². The highest BCUT2D eigenvalue weighted by Gasteiger charge is 2.27. The molecule has 8 heteroatoms. The van der Waals surface area contributed by atoms with Crippen LogP contribution in [0.25, 0.3) is 11.1 Å². The summed E-state index contributed by atoms with van der Waals surface area (Å²) < 4.78 is 27.2. The average molecular weight is 601 g/mol. The van der Waals surface area contributed by atoms with Crippen molar-refractivity contribution in [2.24, 2.45) is 0 Å². The lowest BCUT2D eigenvalue weighted by Gasteiger charge is -2.33. The fourth-order valence-corrected chi connectivity index (χ4v) is 6.32. The first-order chi connectivity index (χ1) is 21.2. The van der Waals surface area contributed by atoms with Crippen LogP contribution in [0.2, 0.25) is 0 Å². The predicted octanol–water partition coefficient (Wildman–Crippen LogP) is 5.62. The Labute approximate surface area is 260 Å². The molecule has 234 valence electrons. The van der Waals surface area contributed by atoms with E-state index in [4.69, 9.17) is 9.47 Å². The fourth-order valence-electron chi connectivity index (χ4n) is 6.32. The van der Waals surface area contributed by atoms with E-state index in [0.717, 1.165) is 68.3 Å². The average Bonchev–Trinajstić information content (AvgIpc) is 3.54. The van der Waals surface area contributed by atoms with Crippen molar-refractivity contribution in [3.05, 3.63) is 77.6 Å². The molecule has 3 fully saturated rings. The van der Waals surface area contributed by atoms with Crippen LogP contribution in [0, 0.1) is 5.82 Å². The molecule has 0 spiro atoms. The van der Waals surface area contributed by atoms with Crippen LogP contribution in [0.4, 0.5) is 10.1 Å². The van der Waals surface area contributed by atoms with Gasteiger partial charge >= 0.3 is 0 Å². The molecule has 3 aliphatic heterocycles. The molecule has 3 aromatic rings. The summed E-state index contributed by atoms with van der Waals surface area (Å²) in [7, 11) is 0. The quantitative estimate of drug-likeness (QED) is 0.367. The lowest BCUT2D eigenvalue weighted by Crippen LogP contribution is -2.43. The Balaban J connectivity index is 1.14. The molecule has 0 radical (unpaired) electrons. The second kappa shape index (κ2) is 13.2. The van der Waals surface area contributed by atoms with Gasteiger partial charge < -0.3 is 29.9 Å². The van der Waals surface area contributed by atoms with Crippen LogP contribution in [-0.4, -0.2) is 75.4 Å². The zero-order valence-corrected chi connectivity index (χ0v) is 26.2. The Morgan fingerprint density at radius 1 is 0.818 bits per heavy atom. The van der Waals surface area contributed by atoms with Gasteiger partial charge in [-0.1, -0.05) is 45.0 Å². The number of likely N-dealkylation sites (tertiary alicyclic amines) is 1. The van der Waals surface area contributed by atoms with E-state index in [2.05, 4.69) is 60.6 Å². The molecule has 6 rings (SSSR count). The summed E-state index contributed by atoms with van der Waals surface area (Å²) in [6, 6.07) is 19.4. The summed E-state index contributed by atoms with van der Waals surface area (Å²) in [4.78, 5) is 17.8. The van der Waals surface area contributed by atoms with Crippen LogP contribution >= 0.6 is 0 Å². The van der Waals surface area contributed by atoms with Crippen molar-refractivity contribution in [3.63, 3.8) is 0 Å². The number of amides is 1. The molecule has 0 unspecified atom stereocenters. The smallest absolute Gasteiger partial charge is 0.253 e.